The minimum Gasteiger partial charge on any atom is -0.443 e. The van der Waals surface area contributed by atoms with E-state index in [0.29, 0.717) is 4.90 Å². The molecule has 0 saturated carbocycles. The van der Waals surface area contributed by atoms with Gasteiger partial charge in [-0.3, -0.25) is 14.4 Å². The fourth-order valence-electron chi connectivity index (χ4n) is 3.73. The van der Waals surface area contributed by atoms with E-state index in [1.54, 1.807) is 63.2 Å². The van der Waals surface area contributed by atoms with Gasteiger partial charge in [0, 0.05) is 30.0 Å². The maximum Gasteiger partial charge on any atom is 0.422 e. The summed E-state index contributed by atoms with van der Waals surface area (Å²) in [5, 5.41) is 11.5. The van der Waals surface area contributed by atoms with Crippen molar-refractivity contribution in [2.75, 3.05) is 4.90 Å². The molecule has 172 valence electrons. The van der Waals surface area contributed by atoms with Crippen molar-refractivity contribution in [1.29, 1.82) is 0 Å². The molecule has 8 heteroatoms. The van der Waals surface area contributed by atoms with Crippen molar-refractivity contribution in [3.63, 3.8) is 0 Å². The molecule has 1 N–H and O–H groups in total. The Kier molecular flexibility index (Phi) is 6.24. The number of aliphatic hydroxyl groups is 1. The maximum atomic E-state index is 13.4. The van der Waals surface area contributed by atoms with Gasteiger partial charge in [-0.2, -0.15) is 0 Å². The minimum absolute atomic E-state index is 0.155. The lowest BCUT2D eigenvalue weighted by atomic mass is 9.94. The highest BCUT2D eigenvalue weighted by Gasteiger charge is 2.51. The second-order valence-electron chi connectivity index (χ2n) is 8.76. The quantitative estimate of drug-likeness (QED) is 0.712. The Balaban J connectivity index is 1.98. The number of benzene rings is 2. The fourth-order valence-corrected chi connectivity index (χ4v) is 3.73. The van der Waals surface area contributed by atoms with Gasteiger partial charge < -0.3 is 9.84 Å². The number of carbonyl (C=O) groups excluding carboxylic acids is 4. The van der Waals surface area contributed by atoms with Crippen LogP contribution in [0.5, 0.6) is 0 Å². The van der Waals surface area contributed by atoms with Crippen LogP contribution in [0.3, 0.4) is 0 Å². The van der Waals surface area contributed by atoms with Crippen LogP contribution >= 0.6 is 0 Å². The fraction of sp³-hybridized carbons (Fsp3) is 0.280. The van der Waals surface area contributed by atoms with Crippen LogP contribution in [0.4, 0.5) is 10.5 Å². The van der Waals surface area contributed by atoms with Crippen LogP contribution in [0, 0.1) is 0 Å². The van der Waals surface area contributed by atoms with Gasteiger partial charge in [0.2, 0.25) is 5.91 Å². The van der Waals surface area contributed by atoms with E-state index >= 15 is 0 Å². The van der Waals surface area contributed by atoms with E-state index in [1.807, 2.05) is 0 Å². The van der Waals surface area contributed by atoms with E-state index in [-0.39, 0.29) is 22.4 Å². The van der Waals surface area contributed by atoms with E-state index in [4.69, 9.17) is 4.74 Å². The molecule has 0 radical (unpaired) electrons. The van der Waals surface area contributed by atoms with Crippen LogP contribution in [0.25, 0.3) is 0 Å². The summed E-state index contributed by atoms with van der Waals surface area (Å²) in [7, 11) is 0. The van der Waals surface area contributed by atoms with Crippen LogP contribution in [0.15, 0.2) is 66.7 Å². The first-order valence-electron chi connectivity index (χ1n) is 10.3. The lowest BCUT2D eigenvalue weighted by Crippen LogP contribution is -2.48. The first kappa shape index (κ1) is 23.9. The zero-order chi connectivity index (χ0) is 24.6. The Bertz CT molecular complexity index is 1140. The molecule has 1 atom stereocenters. The molecular formula is C25H26N2O6. The van der Waals surface area contributed by atoms with Crippen LogP contribution < -0.4 is 4.90 Å². The molecule has 2 aromatic rings. The molecule has 1 aliphatic rings. The highest BCUT2D eigenvalue weighted by molar-refractivity contribution is 6.19. The Hall–Kier alpha value is -3.78. The molecule has 33 heavy (non-hydrogen) atoms. The Morgan fingerprint density at radius 2 is 1.64 bits per heavy atom. The Labute approximate surface area is 192 Å². The van der Waals surface area contributed by atoms with Gasteiger partial charge in [0.1, 0.15) is 5.60 Å². The van der Waals surface area contributed by atoms with E-state index in [0.717, 1.165) is 11.8 Å². The number of carbonyl (C=O) groups is 4. The normalized spacial score (nSPS) is 17.4. The van der Waals surface area contributed by atoms with Crippen LogP contribution in [-0.2, 0) is 20.1 Å². The van der Waals surface area contributed by atoms with Gasteiger partial charge in [0.25, 0.3) is 11.8 Å². The van der Waals surface area contributed by atoms with Gasteiger partial charge in [-0.05, 0) is 39.0 Å². The molecule has 0 saturated heterocycles. The summed E-state index contributed by atoms with van der Waals surface area (Å²) in [5.41, 5.74) is -2.60. The predicted molar refractivity (Wildman–Crippen MR) is 121 cm³/mol. The average molecular weight is 450 g/mol. The van der Waals surface area contributed by atoms with Gasteiger partial charge in [-0.15, -0.1) is 0 Å². The first-order valence-corrected chi connectivity index (χ1v) is 10.3. The van der Waals surface area contributed by atoms with Crippen molar-refractivity contribution < 1.29 is 29.0 Å². The summed E-state index contributed by atoms with van der Waals surface area (Å²) in [6, 6.07) is 14.4. The van der Waals surface area contributed by atoms with E-state index in [2.05, 4.69) is 6.58 Å². The predicted octanol–water partition coefficient (Wildman–Crippen LogP) is 3.75. The molecule has 2 aromatic carbocycles. The number of rotatable bonds is 4. The maximum absolute atomic E-state index is 13.4. The molecule has 1 heterocycles. The van der Waals surface area contributed by atoms with Crippen LogP contribution in [0.2, 0.25) is 0 Å². The molecule has 4 amide bonds. The van der Waals surface area contributed by atoms with E-state index in [9.17, 15) is 24.3 Å². The lowest BCUT2D eigenvalue weighted by molar-refractivity contribution is -0.148. The SMILES string of the molecule is C=C(CC1(O)c2ccccc2C(=O)N1C(C)=O)C(=O)N(C(=O)OC(C)(C)C)c1ccccc1. The molecule has 0 aromatic heterocycles. The van der Waals surface area contributed by atoms with Crippen molar-refractivity contribution in [3.8, 4) is 0 Å². The van der Waals surface area contributed by atoms with Crippen molar-refractivity contribution in [3.05, 3.63) is 77.9 Å². The summed E-state index contributed by atoms with van der Waals surface area (Å²) in [4.78, 5) is 52.9. The lowest BCUT2D eigenvalue weighted by Gasteiger charge is -2.33. The third-order valence-corrected chi connectivity index (χ3v) is 5.03. The molecule has 8 nitrogen and oxygen atoms in total. The zero-order valence-corrected chi connectivity index (χ0v) is 19.0. The van der Waals surface area contributed by atoms with Crippen molar-refractivity contribution >= 4 is 29.5 Å². The monoisotopic (exact) mass is 450 g/mol. The number of anilines is 1. The number of para-hydroxylation sites is 1. The summed E-state index contributed by atoms with van der Waals surface area (Å²) in [6.45, 7) is 9.93. The number of fused-ring (bicyclic) bond motifs is 1. The average Bonchev–Trinajstić information content (AvgIpc) is 2.94. The number of amides is 4. The number of imide groups is 2. The number of hydrogen-bond acceptors (Lipinski definition) is 6. The highest BCUT2D eigenvalue weighted by Crippen LogP contribution is 2.41. The van der Waals surface area contributed by atoms with Gasteiger partial charge >= 0.3 is 6.09 Å². The third kappa shape index (κ3) is 4.56. The number of hydrogen-bond donors (Lipinski definition) is 1. The van der Waals surface area contributed by atoms with Crippen LogP contribution in [0.1, 0.15) is 50.0 Å². The van der Waals surface area contributed by atoms with Gasteiger partial charge in [-0.25, -0.2) is 14.6 Å². The number of nitrogens with zero attached hydrogens (tertiary/aromatic N) is 2. The first-order chi connectivity index (χ1) is 15.4. The van der Waals surface area contributed by atoms with Crippen molar-refractivity contribution in [2.24, 2.45) is 0 Å². The molecular weight excluding hydrogens is 424 g/mol. The van der Waals surface area contributed by atoms with Crippen molar-refractivity contribution in [1.82, 2.24) is 4.90 Å². The Morgan fingerprint density at radius 3 is 2.21 bits per heavy atom. The van der Waals surface area contributed by atoms with Gasteiger partial charge in [0.05, 0.1) is 5.69 Å². The molecule has 0 bridgehead atoms. The second-order valence-corrected chi connectivity index (χ2v) is 8.76. The van der Waals surface area contributed by atoms with Gasteiger partial charge in [0.15, 0.2) is 5.72 Å². The molecule has 0 aliphatic carbocycles. The highest BCUT2D eigenvalue weighted by atomic mass is 16.6. The summed E-state index contributed by atoms with van der Waals surface area (Å²) in [6.07, 6.45) is -1.40. The topological polar surface area (TPSA) is 104 Å². The summed E-state index contributed by atoms with van der Waals surface area (Å²) >= 11 is 0. The summed E-state index contributed by atoms with van der Waals surface area (Å²) in [5.74, 6) is -2.19. The largest absolute Gasteiger partial charge is 0.443 e. The van der Waals surface area contributed by atoms with Gasteiger partial charge in [-0.1, -0.05) is 43.0 Å². The minimum atomic E-state index is -2.12. The molecule has 0 fully saturated rings. The summed E-state index contributed by atoms with van der Waals surface area (Å²) < 4.78 is 5.40. The Morgan fingerprint density at radius 1 is 1.06 bits per heavy atom. The smallest absolute Gasteiger partial charge is 0.422 e. The molecule has 0 spiro atoms. The van der Waals surface area contributed by atoms with Crippen molar-refractivity contribution in [2.45, 2.75) is 45.4 Å². The number of ether oxygens (including phenoxy) is 1. The second kappa shape index (κ2) is 8.63. The molecule has 1 aliphatic heterocycles. The van der Waals surface area contributed by atoms with Crippen LogP contribution in [-0.4, -0.2) is 39.4 Å². The van der Waals surface area contributed by atoms with E-state index < -0.39 is 41.6 Å². The third-order valence-electron chi connectivity index (χ3n) is 5.03. The zero-order valence-electron chi connectivity index (χ0n) is 19.0. The molecule has 1 unspecified atom stereocenters. The standard InChI is InChI=1S/C25H26N2O6/c1-16(15-25(32)20-14-10-9-13-19(20)22(30)27(25)17(2)28)21(29)26(18-11-7-6-8-12-18)23(31)33-24(3,4)5/h6-14,32H,1,15H2,2-5H3. The van der Waals surface area contributed by atoms with E-state index in [1.165, 1.54) is 12.1 Å². The molecule has 3 rings (SSSR count).